The summed E-state index contributed by atoms with van der Waals surface area (Å²) < 4.78 is 0.676. The molecule has 0 aliphatic heterocycles. The van der Waals surface area contributed by atoms with Crippen LogP contribution in [-0.4, -0.2) is 10.2 Å². The van der Waals surface area contributed by atoms with Gasteiger partial charge in [0, 0.05) is 16.0 Å². The lowest BCUT2D eigenvalue weighted by Gasteiger charge is -2.31. The van der Waals surface area contributed by atoms with Gasteiger partial charge in [0.25, 0.3) is 0 Å². The van der Waals surface area contributed by atoms with E-state index in [0.717, 1.165) is 18.4 Å². The van der Waals surface area contributed by atoms with Crippen molar-refractivity contribution >= 4 is 15.9 Å². The van der Waals surface area contributed by atoms with Gasteiger partial charge < -0.3 is 10.2 Å². The second-order valence-corrected chi connectivity index (χ2v) is 6.30. The Kier molecular flexibility index (Phi) is 4.04. The molecule has 0 fully saturated rings. The fourth-order valence-electron chi connectivity index (χ4n) is 2.84. The Morgan fingerprint density at radius 3 is 2.42 bits per heavy atom. The minimum absolute atomic E-state index is 0.000602. The van der Waals surface area contributed by atoms with Gasteiger partial charge in [0.1, 0.15) is 11.5 Å². The summed E-state index contributed by atoms with van der Waals surface area (Å²) in [5, 5.41) is 20.3. The summed E-state index contributed by atoms with van der Waals surface area (Å²) >= 11 is 3.27. The first-order chi connectivity index (χ1) is 8.90. The number of halogens is 1. The van der Waals surface area contributed by atoms with Gasteiger partial charge >= 0.3 is 0 Å². The lowest BCUT2D eigenvalue weighted by Crippen LogP contribution is -2.17. The second kappa shape index (κ2) is 5.41. The molecule has 0 bridgehead atoms. The van der Waals surface area contributed by atoms with Gasteiger partial charge in [0.15, 0.2) is 0 Å². The number of phenols is 2. The quantitative estimate of drug-likeness (QED) is 0.762. The Morgan fingerprint density at radius 2 is 1.89 bits per heavy atom. The van der Waals surface area contributed by atoms with Crippen LogP contribution in [0.15, 0.2) is 40.4 Å². The van der Waals surface area contributed by atoms with Crippen molar-refractivity contribution in [2.24, 2.45) is 5.92 Å². The highest BCUT2D eigenvalue weighted by atomic mass is 79.9. The first kappa shape index (κ1) is 14.2. The lowest BCUT2D eigenvalue weighted by molar-refractivity contribution is 0.406. The van der Waals surface area contributed by atoms with Crippen LogP contribution in [0.5, 0.6) is 11.5 Å². The summed E-state index contributed by atoms with van der Waals surface area (Å²) in [5.74, 6) is 0.532. The first-order valence-electron chi connectivity index (χ1n) is 6.44. The van der Waals surface area contributed by atoms with Gasteiger partial charge in [0.05, 0.1) is 0 Å². The Morgan fingerprint density at radius 1 is 1.32 bits per heavy atom. The molecule has 0 saturated heterocycles. The summed E-state index contributed by atoms with van der Waals surface area (Å²) in [6.07, 6.45) is 4.20. The number of allylic oxidation sites excluding steroid dienone is 3. The Labute approximate surface area is 122 Å². The van der Waals surface area contributed by atoms with Crippen molar-refractivity contribution < 1.29 is 10.2 Å². The number of aromatic hydroxyl groups is 2. The van der Waals surface area contributed by atoms with E-state index in [0.29, 0.717) is 10.0 Å². The van der Waals surface area contributed by atoms with Crippen LogP contribution in [0.2, 0.25) is 0 Å². The molecule has 0 radical (unpaired) electrons. The molecule has 2 rings (SSSR count). The molecule has 0 aromatic heterocycles. The van der Waals surface area contributed by atoms with E-state index in [9.17, 15) is 10.2 Å². The highest BCUT2D eigenvalue weighted by Gasteiger charge is 2.29. The van der Waals surface area contributed by atoms with E-state index in [4.69, 9.17) is 0 Å². The van der Waals surface area contributed by atoms with Crippen LogP contribution in [0.3, 0.4) is 0 Å². The fraction of sp³-hybridized carbons (Fsp3) is 0.375. The third-order valence-electron chi connectivity index (χ3n) is 3.81. The van der Waals surface area contributed by atoms with Crippen LogP contribution in [0, 0.1) is 5.92 Å². The van der Waals surface area contributed by atoms with Crippen LogP contribution in [0.4, 0.5) is 0 Å². The van der Waals surface area contributed by atoms with Crippen molar-refractivity contribution in [2.45, 2.75) is 32.6 Å². The molecular formula is C16H19BrO2. The monoisotopic (exact) mass is 322 g/mol. The molecule has 0 amide bonds. The molecule has 2 N–H and O–H groups in total. The number of rotatable bonds is 2. The molecule has 0 saturated carbocycles. The number of hydrogen-bond donors (Lipinski definition) is 2. The maximum Gasteiger partial charge on any atom is 0.124 e. The Balaban J connectivity index is 2.54. The molecule has 2 nitrogen and oxygen atoms in total. The van der Waals surface area contributed by atoms with E-state index in [1.54, 1.807) is 12.1 Å². The predicted molar refractivity (Wildman–Crippen MR) is 81.5 cm³/mol. The average Bonchev–Trinajstić information content (AvgIpc) is 2.27. The fourth-order valence-corrected chi connectivity index (χ4v) is 3.27. The summed E-state index contributed by atoms with van der Waals surface area (Å²) in [4.78, 5) is 0. The van der Waals surface area contributed by atoms with Crippen molar-refractivity contribution in [3.8, 4) is 11.5 Å². The zero-order valence-electron chi connectivity index (χ0n) is 11.3. The topological polar surface area (TPSA) is 40.5 Å². The van der Waals surface area contributed by atoms with Gasteiger partial charge in [-0.1, -0.05) is 39.7 Å². The summed E-state index contributed by atoms with van der Waals surface area (Å²) in [6, 6.07) is 3.25. The molecule has 2 unspecified atom stereocenters. The van der Waals surface area contributed by atoms with Crippen molar-refractivity contribution in [1.29, 1.82) is 0 Å². The minimum atomic E-state index is -0.000602. The second-order valence-electron chi connectivity index (χ2n) is 5.39. The molecule has 1 aliphatic carbocycles. The van der Waals surface area contributed by atoms with Crippen molar-refractivity contribution in [1.82, 2.24) is 0 Å². The van der Waals surface area contributed by atoms with E-state index >= 15 is 0 Å². The Bertz CT molecular complexity index is 523. The largest absolute Gasteiger partial charge is 0.507 e. The summed E-state index contributed by atoms with van der Waals surface area (Å²) in [6.45, 7) is 8.16. The molecule has 102 valence electrons. The summed E-state index contributed by atoms with van der Waals surface area (Å²) in [7, 11) is 0. The van der Waals surface area contributed by atoms with E-state index in [1.165, 1.54) is 5.57 Å². The molecule has 1 aromatic rings. The van der Waals surface area contributed by atoms with Gasteiger partial charge in [0.2, 0.25) is 0 Å². The average molecular weight is 323 g/mol. The molecule has 3 heteroatoms. The van der Waals surface area contributed by atoms with E-state index in [-0.39, 0.29) is 23.3 Å². The Hall–Kier alpha value is -1.22. The molecular weight excluding hydrogens is 304 g/mol. The lowest BCUT2D eigenvalue weighted by atomic mass is 9.74. The molecule has 1 aliphatic rings. The summed E-state index contributed by atoms with van der Waals surface area (Å²) in [5.41, 5.74) is 3.00. The van der Waals surface area contributed by atoms with Crippen molar-refractivity contribution in [3.05, 3.63) is 46.0 Å². The molecule has 19 heavy (non-hydrogen) atoms. The molecule has 2 atom stereocenters. The van der Waals surface area contributed by atoms with Gasteiger partial charge in [-0.25, -0.2) is 0 Å². The van der Waals surface area contributed by atoms with Gasteiger partial charge in [-0.2, -0.15) is 0 Å². The minimum Gasteiger partial charge on any atom is -0.507 e. The highest BCUT2D eigenvalue weighted by Crippen LogP contribution is 2.46. The van der Waals surface area contributed by atoms with Gasteiger partial charge in [-0.05, 0) is 44.7 Å². The molecule has 0 heterocycles. The van der Waals surface area contributed by atoms with Crippen molar-refractivity contribution in [3.63, 3.8) is 0 Å². The SMILES string of the molecule is C=C(C)C1CCC(C)=CC1c1c(O)cc(Br)cc1O. The third kappa shape index (κ3) is 2.86. The van der Waals surface area contributed by atoms with Gasteiger partial charge in [-0.3, -0.25) is 0 Å². The number of hydrogen-bond acceptors (Lipinski definition) is 2. The maximum absolute atomic E-state index is 10.2. The van der Waals surface area contributed by atoms with Crippen LogP contribution >= 0.6 is 15.9 Å². The first-order valence-corrected chi connectivity index (χ1v) is 7.23. The van der Waals surface area contributed by atoms with E-state index in [2.05, 4.69) is 35.5 Å². The maximum atomic E-state index is 10.2. The molecule has 1 aromatic carbocycles. The zero-order valence-corrected chi connectivity index (χ0v) is 12.9. The number of phenolic OH excluding ortho intramolecular Hbond substituents is 2. The van der Waals surface area contributed by atoms with E-state index < -0.39 is 0 Å². The zero-order chi connectivity index (χ0) is 14.2. The van der Waals surface area contributed by atoms with Crippen LogP contribution < -0.4 is 0 Å². The third-order valence-corrected chi connectivity index (χ3v) is 4.27. The van der Waals surface area contributed by atoms with Crippen LogP contribution in [0.25, 0.3) is 0 Å². The van der Waals surface area contributed by atoms with Crippen LogP contribution in [-0.2, 0) is 0 Å². The highest BCUT2D eigenvalue weighted by molar-refractivity contribution is 9.10. The standard InChI is InChI=1S/C16H19BrO2/c1-9(2)12-5-4-10(3)6-13(12)16-14(18)7-11(17)8-15(16)19/h6-8,12-13,18-19H,1,4-5H2,2-3H3. The van der Waals surface area contributed by atoms with Gasteiger partial charge in [-0.15, -0.1) is 0 Å². The molecule has 0 spiro atoms. The smallest absolute Gasteiger partial charge is 0.124 e. The van der Waals surface area contributed by atoms with Crippen LogP contribution in [0.1, 0.15) is 38.2 Å². The predicted octanol–water partition coefficient (Wildman–Crippen LogP) is 4.88. The normalized spacial score (nSPS) is 23.0. The number of benzene rings is 1. The van der Waals surface area contributed by atoms with Crippen molar-refractivity contribution in [2.75, 3.05) is 0 Å². The van der Waals surface area contributed by atoms with E-state index in [1.807, 2.05) is 6.92 Å².